The standard InChI is InChI=1S/C18H25FN4O.ClH/c1-5-18(20,6-2)11-21-17(24)14-7-8-16(15(19)10-14)23-13(4)9-12(3)22-23;/h7-10H,5-6,11,20H2,1-4H3,(H,21,24);1H. The van der Waals surface area contributed by atoms with Crippen molar-refractivity contribution < 1.29 is 9.18 Å². The minimum atomic E-state index is -0.487. The fraction of sp³-hybridized carbons (Fsp3) is 0.444. The number of hydrogen-bond donors (Lipinski definition) is 2. The van der Waals surface area contributed by atoms with Crippen molar-refractivity contribution in [3.63, 3.8) is 0 Å². The van der Waals surface area contributed by atoms with Gasteiger partial charge in [-0.3, -0.25) is 4.79 Å². The summed E-state index contributed by atoms with van der Waals surface area (Å²) in [6, 6.07) is 6.27. The van der Waals surface area contributed by atoms with E-state index in [9.17, 15) is 9.18 Å². The monoisotopic (exact) mass is 368 g/mol. The minimum absolute atomic E-state index is 0. The lowest BCUT2D eigenvalue weighted by atomic mass is 9.94. The Hall–Kier alpha value is -1.92. The molecule has 0 saturated heterocycles. The van der Waals surface area contributed by atoms with E-state index in [-0.39, 0.29) is 23.9 Å². The molecule has 2 aromatic rings. The van der Waals surface area contributed by atoms with Gasteiger partial charge in [-0.15, -0.1) is 12.4 Å². The molecule has 1 heterocycles. The van der Waals surface area contributed by atoms with Gasteiger partial charge in [0.15, 0.2) is 0 Å². The van der Waals surface area contributed by atoms with Crippen LogP contribution in [0.3, 0.4) is 0 Å². The third-order valence-electron chi connectivity index (χ3n) is 4.46. The van der Waals surface area contributed by atoms with E-state index in [1.807, 2.05) is 33.8 Å². The Morgan fingerprint density at radius 1 is 1.28 bits per heavy atom. The molecule has 0 aliphatic heterocycles. The van der Waals surface area contributed by atoms with Gasteiger partial charge in [-0.05, 0) is 51.0 Å². The summed E-state index contributed by atoms with van der Waals surface area (Å²) in [5.74, 6) is -0.815. The van der Waals surface area contributed by atoms with E-state index < -0.39 is 11.4 Å². The van der Waals surface area contributed by atoms with Crippen molar-refractivity contribution in [2.24, 2.45) is 5.73 Å². The average molecular weight is 369 g/mol. The van der Waals surface area contributed by atoms with Crippen molar-refractivity contribution in [3.8, 4) is 5.69 Å². The number of aromatic nitrogens is 2. The fourth-order valence-corrected chi connectivity index (χ4v) is 2.55. The number of nitrogens with zero attached hydrogens (tertiary/aromatic N) is 2. The molecule has 0 atom stereocenters. The van der Waals surface area contributed by atoms with Crippen molar-refractivity contribution in [3.05, 3.63) is 47.0 Å². The minimum Gasteiger partial charge on any atom is -0.350 e. The van der Waals surface area contributed by atoms with Gasteiger partial charge in [0.2, 0.25) is 0 Å². The van der Waals surface area contributed by atoms with Gasteiger partial charge in [0, 0.05) is 23.3 Å². The molecule has 1 aromatic heterocycles. The molecular weight excluding hydrogens is 343 g/mol. The molecule has 1 aromatic carbocycles. The van der Waals surface area contributed by atoms with Crippen LogP contribution in [0.4, 0.5) is 4.39 Å². The summed E-state index contributed by atoms with van der Waals surface area (Å²) in [4.78, 5) is 12.2. The first kappa shape index (κ1) is 21.1. The lowest BCUT2D eigenvalue weighted by molar-refractivity contribution is 0.0941. The van der Waals surface area contributed by atoms with E-state index in [1.165, 1.54) is 10.7 Å². The van der Waals surface area contributed by atoms with E-state index in [0.29, 0.717) is 12.2 Å². The molecule has 138 valence electrons. The van der Waals surface area contributed by atoms with Crippen LogP contribution in [0.5, 0.6) is 0 Å². The highest BCUT2D eigenvalue weighted by atomic mass is 35.5. The van der Waals surface area contributed by atoms with Gasteiger partial charge in [-0.2, -0.15) is 5.10 Å². The number of hydrogen-bond acceptors (Lipinski definition) is 3. The Morgan fingerprint density at radius 3 is 2.40 bits per heavy atom. The first-order chi connectivity index (χ1) is 11.3. The zero-order chi connectivity index (χ0) is 17.9. The molecule has 25 heavy (non-hydrogen) atoms. The number of halogens is 2. The molecule has 1 amide bonds. The Morgan fingerprint density at radius 2 is 1.92 bits per heavy atom. The molecule has 3 N–H and O–H groups in total. The quantitative estimate of drug-likeness (QED) is 0.821. The first-order valence-corrected chi connectivity index (χ1v) is 8.20. The van der Waals surface area contributed by atoms with Crippen molar-refractivity contribution in [2.45, 2.75) is 46.1 Å². The SMILES string of the molecule is CCC(N)(CC)CNC(=O)c1ccc(-n2nc(C)cc2C)c(F)c1.Cl. The molecule has 0 aliphatic carbocycles. The van der Waals surface area contributed by atoms with Gasteiger partial charge in [0.25, 0.3) is 5.91 Å². The third-order valence-corrected chi connectivity index (χ3v) is 4.46. The van der Waals surface area contributed by atoms with E-state index >= 15 is 0 Å². The van der Waals surface area contributed by atoms with Crippen molar-refractivity contribution in [1.29, 1.82) is 0 Å². The van der Waals surface area contributed by atoms with Gasteiger partial charge in [-0.1, -0.05) is 13.8 Å². The summed E-state index contributed by atoms with van der Waals surface area (Å²) in [5.41, 5.74) is 7.98. The third kappa shape index (κ3) is 4.80. The first-order valence-electron chi connectivity index (χ1n) is 8.20. The van der Waals surface area contributed by atoms with E-state index in [1.54, 1.807) is 12.1 Å². The van der Waals surface area contributed by atoms with Crippen LogP contribution in [0.15, 0.2) is 24.3 Å². The maximum Gasteiger partial charge on any atom is 0.251 e. The lowest BCUT2D eigenvalue weighted by Crippen LogP contribution is -2.49. The summed E-state index contributed by atoms with van der Waals surface area (Å²) in [6.45, 7) is 8.04. The van der Waals surface area contributed by atoms with Gasteiger partial charge in [0.05, 0.1) is 5.69 Å². The second-order valence-corrected chi connectivity index (χ2v) is 6.26. The van der Waals surface area contributed by atoms with Crippen LogP contribution in [0.25, 0.3) is 5.69 Å². The van der Waals surface area contributed by atoms with Crippen molar-refractivity contribution in [2.75, 3.05) is 6.54 Å². The highest BCUT2D eigenvalue weighted by Gasteiger charge is 2.21. The molecular formula is C18H26ClFN4O. The number of benzene rings is 1. The van der Waals surface area contributed by atoms with Gasteiger partial charge < -0.3 is 11.1 Å². The molecule has 0 aliphatic rings. The number of carbonyl (C=O) groups is 1. The van der Waals surface area contributed by atoms with Crippen LogP contribution in [-0.4, -0.2) is 27.8 Å². The molecule has 0 spiro atoms. The van der Waals surface area contributed by atoms with Crippen LogP contribution >= 0.6 is 12.4 Å². The van der Waals surface area contributed by atoms with Crippen LogP contribution < -0.4 is 11.1 Å². The molecule has 0 fully saturated rings. The fourth-order valence-electron chi connectivity index (χ4n) is 2.55. The van der Waals surface area contributed by atoms with Crippen LogP contribution in [0.2, 0.25) is 0 Å². The predicted octanol–water partition coefficient (Wildman–Crippen LogP) is 3.30. The number of aryl methyl sites for hydroxylation is 2. The highest BCUT2D eigenvalue weighted by Crippen LogP contribution is 2.18. The van der Waals surface area contributed by atoms with Gasteiger partial charge in [-0.25, -0.2) is 9.07 Å². The molecule has 2 rings (SSSR count). The van der Waals surface area contributed by atoms with E-state index in [2.05, 4.69) is 10.4 Å². The summed E-state index contributed by atoms with van der Waals surface area (Å²) in [5, 5.41) is 7.06. The maximum absolute atomic E-state index is 14.4. The van der Waals surface area contributed by atoms with Gasteiger partial charge >= 0.3 is 0 Å². The Labute approximate surface area is 154 Å². The van der Waals surface area contributed by atoms with Crippen molar-refractivity contribution >= 4 is 18.3 Å². The number of nitrogens with two attached hydrogens (primary N) is 1. The largest absolute Gasteiger partial charge is 0.350 e. The summed E-state index contributed by atoms with van der Waals surface area (Å²) >= 11 is 0. The molecule has 7 heteroatoms. The average Bonchev–Trinajstić information content (AvgIpc) is 2.90. The number of rotatable bonds is 6. The second kappa shape index (κ2) is 8.45. The van der Waals surface area contributed by atoms with E-state index in [0.717, 1.165) is 24.2 Å². The maximum atomic E-state index is 14.4. The summed E-state index contributed by atoms with van der Waals surface area (Å²) in [7, 11) is 0. The van der Waals surface area contributed by atoms with Crippen LogP contribution in [0, 0.1) is 19.7 Å². The Kier molecular flexibility index (Phi) is 7.14. The Balaban J connectivity index is 0.00000312. The lowest BCUT2D eigenvalue weighted by Gasteiger charge is -2.26. The number of amides is 1. The molecule has 5 nitrogen and oxygen atoms in total. The number of nitrogens with one attached hydrogen (secondary N) is 1. The molecule has 0 saturated carbocycles. The van der Waals surface area contributed by atoms with Crippen LogP contribution in [-0.2, 0) is 0 Å². The molecule has 0 bridgehead atoms. The molecule has 0 radical (unpaired) electrons. The summed E-state index contributed by atoms with van der Waals surface area (Å²) in [6.07, 6.45) is 1.52. The molecule has 0 unspecified atom stereocenters. The zero-order valence-electron chi connectivity index (χ0n) is 15.1. The normalized spacial score (nSPS) is 11.1. The highest BCUT2D eigenvalue weighted by molar-refractivity contribution is 5.94. The van der Waals surface area contributed by atoms with Gasteiger partial charge in [0.1, 0.15) is 11.5 Å². The zero-order valence-corrected chi connectivity index (χ0v) is 15.9. The van der Waals surface area contributed by atoms with E-state index in [4.69, 9.17) is 5.73 Å². The predicted molar refractivity (Wildman–Crippen MR) is 100 cm³/mol. The summed E-state index contributed by atoms with van der Waals surface area (Å²) < 4.78 is 16.0. The second-order valence-electron chi connectivity index (χ2n) is 6.26. The smallest absolute Gasteiger partial charge is 0.251 e. The Bertz CT molecular complexity index is 741. The number of carbonyl (C=O) groups excluding carboxylic acids is 1. The van der Waals surface area contributed by atoms with Crippen LogP contribution in [0.1, 0.15) is 48.4 Å². The van der Waals surface area contributed by atoms with Crippen molar-refractivity contribution in [1.82, 2.24) is 15.1 Å². The topological polar surface area (TPSA) is 72.9 Å².